The number of hydrogen-bond donors (Lipinski definition) is 1. The zero-order valence-electron chi connectivity index (χ0n) is 18.7. The summed E-state index contributed by atoms with van der Waals surface area (Å²) in [4.78, 5) is 0. The van der Waals surface area contributed by atoms with E-state index in [-0.39, 0.29) is 30.9 Å². The lowest BCUT2D eigenvalue weighted by molar-refractivity contribution is 0.0751. The van der Waals surface area contributed by atoms with Gasteiger partial charge >= 0.3 is 15.7 Å². The molecule has 0 unspecified atom stereocenters. The number of phosphoric ester groups is 1. The second-order valence-electron chi connectivity index (χ2n) is 6.23. The van der Waals surface area contributed by atoms with Crippen LogP contribution in [0.1, 0.15) is 76.7 Å². The molecule has 0 fully saturated rings. The van der Waals surface area contributed by atoms with Crippen molar-refractivity contribution >= 4 is 15.7 Å². The molecule has 0 aliphatic heterocycles. The van der Waals surface area contributed by atoms with E-state index in [1.807, 2.05) is 0 Å². The van der Waals surface area contributed by atoms with E-state index in [0.717, 1.165) is 0 Å². The van der Waals surface area contributed by atoms with Gasteiger partial charge in [-0.25, -0.2) is 9.13 Å². The van der Waals surface area contributed by atoms with Crippen molar-refractivity contribution in [2.75, 3.05) is 13.2 Å². The van der Waals surface area contributed by atoms with E-state index in [0.29, 0.717) is 6.61 Å². The molecule has 29 heavy (non-hydrogen) atoms. The van der Waals surface area contributed by atoms with Crippen molar-refractivity contribution in [2.24, 2.45) is 0 Å². The molecule has 0 aliphatic rings. The first-order chi connectivity index (χ1) is 12.1. The van der Waals surface area contributed by atoms with Gasteiger partial charge in [-0.3, -0.25) is 27.3 Å². The molecule has 1 N–H and O–H groups in total. The lowest BCUT2D eigenvalue weighted by Crippen LogP contribution is -2.09. The first-order valence-corrected chi connectivity index (χ1v) is 11.9. The topological polar surface area (TPSA) is 101 Å². The Morgan fingerprint density at radius 3 is 1.17 bits per heavy atom. The first kappa shape index (κ1) is 39.5. The molecule has 0 rings (SSSR count). The van der Waals surface area contributed by atoms with Gasteiger partial charge in [-0.1, -0.05) is 7.43 Å². The SMILES string of the molecule is C.CC(C)OP(=O)(F)OC(C)C.CCO.CCOP(=O)(OC(C)C)OC(C)C.F. The highest BCUT2D eigenvalue weighted by atomic mass is 31.2. The molecule has 0 amide bonds. The van der Waals surface area contributed by atoms with E-state index in [9.17, 15) is 13.3 Å². The summed E-state index contributed by atoms with van der Waals surface area (Å²) in [5.41, 5.74) is 0. The average molecular weight is 476 g/mol. The van der Waals surface area contributed by atoms with Gasteiger partial charge in [0.05, 0.1) is 31.0 Å². The Hall–Kier alpha value is 0.0800. The Balaban J connectivity index is -0.000000111. The summed E-state index contributed by atoms with van der Waals surface area (Å²) in [6.45, 7) is 17.5. The standard InChI is InChI=1S/C8H19O4P.C6H14FO3P.C2H6O.CH4.FH/c1-6-10-13(9,11-7(2)3)12-8(4)5;1-5(2)9-11(7,8)10-6(3)4;1-2-3;;/h7-8H,6H2,1-5H3;5-6H,1-4H3;3H,2H2,1H3;1H4;1H. The van der Waals surface area contributed by atoms with Crippen molar-refractivity contribution in [3.8, 4) is 0 Å². The lowest BCUT2D eigenvalue weighted by atomic mass is 10.5. The van der Waals surface area contributed by atoms with Gasteiger partial charge < -0.3 is 5.11 Å². The summed E-state index contributed by atoms with van der Waals surface area (Å²) in [6.07, 6.45) is -1.19. The van der Waals surface area contributed by atoms with Crippen molar-refractivity contribution in [1.82, 2.24) is 0 Å². The zero-order chi connectivity index (χ0) is 22.3. The van der Waals surface area contributed by atoms with Crippen LogP contribution in [-0.4, -0.2) is 42.7 Å². The highest BCUT2D eigenvalue weighted by Gasteiger charge is 2.28. The predicted molar refractivity (Wildman–Crippen MR) is 115 cm³/mol. The molecule has 8 nitrogen and oxygen atoms in total. The van der Waals surface area contributed by atoms with Crippen LogP contribution in [0.3, 0.4) is 0 Å². The van der Waals surface area contributed by atoms with Gasteiger partial charge in [-0.05, 0) is 69.2 Å². The first-order valence-electron chi connectivity index (χ1n) is 9.03. The van der Waals surface area contributed by atoms with Gasteiger partial charge in [-0.2, -0.15) is 0 Å². The Morgan fingerprint density at radius 2 is 1.00 bits per heavy atom. The molecule has 0 radical (unpaired) electrons. The van der Waals surface area contributed by atoms with E-state index in [4.69, 9.17) is 18.7 Å². The van der Waals surface area contributed by atoms with Crippen molar-refractivity contribution in [3.05, 3.63) is 0 Å². The number of halogens is 2. The molecule has 0 spiro atoms. The number of rotatable bonds is 10. The quantitative estimate of drug-likeness (QED) is 0.348. The normalized spacial score (nSPS) is 11.3. The molecule has 0 saturated heterocycles. The Kier molecular flexibility index (Phi) is 29.1. The molecule has 0 aromatic heterocycles. The number of phosphoric acid groups is 1. The summed E-state index contributed by atoms with van der Waals surface area (Å²) >= 11 is 0. The fraction of sp³-hybridized carbons (Fsp3) is 1.00. The smallest absolute Gasteiger partial charge is 0.397 e. The van der Waals surface area contributed by atoms with Gasteiger partial charge in [0.15, 0.2) is 0 Å². The molecule has 0 aromatic rings. The fourth-order valence-corrected chi connectivity index (χ4v) is 3.87. The largest absolute Gasteiger partial charge is 0.513 e. The molecule has 12 heteroatoms. The fourth-order valence-electron chi connectivity index (χ4n) is 1.29. The highest BCUT2D eigenvalue weighted by Crippen LogP contribution is 2.52. The number of aliphatic hydroxyl groups is 1. The summed E-state index contributed by atoms with van der Waals surface area (Å²) in [6, 6.07) is 0. The van der Waals surface area contributed by atoms with Crippen LogP contribution < -0.4 is 0 Å². The molecule has 0 bridgehead atoms. The van der Waals surface area contributed by atoms with Crippen molar-refractivity contribution < 1.29 is 45.8 Å². The summed E-state index contributed by atoms with van der Waals surface area (Å²) in [7, 11) is -7.64. The van der Waals surface area contributed by atoms with Crippen molar-refractivity contribution in [2.45, 2.75) is 101 Å². The van der Waals surface area contributed by atoms with Crippen LogP contribution >= 0.6 is 15.7 Å². The highest BCUT2D eigenvalue weighted by molar-refractivity contribution is 7.48. The minimum atomic E-state index is -4.30. The zero-order valence-corrected chi connectivity index (χ0v) is 20.5. The molecule has 184 valence electrons. The number of aliphatic hydroxyl groups excluding tert-OH is 1. The predicted octanol–water partition coefficient (Wildman–Crippen LogP) is 6.68. The van der Waals surface area contributed by atoms with E-state index in [1.165, 1.54) is 0 Å². The van der Waals surface area contributed by atoms with E-state index in [2.05, 4.69) is 9.05 Å². The van der Waals surface area contributed by atoms with Crippen LogP contribution in [0.4, 0.5) is 8.90 Å². The van der Waals surface area contributed by atoms with Crippen LogP contribution in [0.25, 0.3) is 0 Å². The second-order valence-corrected chi connectivity index (χ2v) is 9.09. The molecule has 0 aliphatic carbocycles. The van der Waals surface area contributed by atoms with Crippen molar-refractivity contribution in [3.63, 3.8) is 0 Å². The monoisotopic (exact) mass is 476 g/mol. The lowest BCUT2D eigenvalue weighted by Gasteiger charge is -2.20. The minimum absolute atomic E-state index is 0. The van der Waals surface area contributed by atoms with Crippen LogP contribution in [0, 0.1) is 0 Å². The maximum absolute atomic E-state index is 12.7. The Labute approximate surface area is 176 Å². The Morgan fingerprint density at radius 1 is 0.759 bits per heavy atom. The maximum Gasteiger partial charge on any atom is 0.513 e. The van der Waals surface area contributed by atoms with Crippen molar-refractivity contribution in [1.29, 1.82) is 0 Å². The third-order valence-electron chi connectivity index (χ3n) is 1.64. The van der Waals surface area contributed by atoms with Crippen LogP contribution in [0.5, 0.6) is 0 Å². The van der Waals surface area contributed by atoms with Crippen LogP contribution in [0.15, 0.2) is 0 Å². The van der Waals surface area contributed by atoms with Gasteiger partial charge in [0.1, 0.15) is 0 Å². The van der Waals surface area contributed by atoms with Gasteiger partial charge in [-0.15, -0.1) is 4.20 Å². The molecule has 0 atom stereocenters. The van der Waals surface area contributed by atoms with E-state index < -0.39 is 27.9 Å². The van der Waals surface area contributed by atoms with Gasteiger partial charge in [0.25, 0.3) is 0 Å². The van der Waals surface area contributed by atoms with E-state index in [1.54, 1.807) is 69.2 Å². The molecular weight excluding hydrogens is 432 g/mol. The molecule has 0 heterocycles. The third-order valence-corrected chi connectivity index (χ3v) is 4.92. The summed E-state index contributed by atoms with van der Waals surface area (Å²) in [5, 5.41) is 7.57. The minimum Gasteiger partial charge on any atom is -0.397 e. The van der Waals surface area contributed by atoms with Gasteiger partial charge in [0.2, 0.25) is 0 Å². The summed E-state index contributed by atoms with van der Waals surface area (Å²) in [5.74, 6) is 0. The Bertz CT molecular complexity index is 408. The van der Waals surface area contributed by atoms with Gasteiger partial charge in [0, 0.05) is 6.61 Å². The maximum atomic E-state index is 12.7. The second kappa shape index (κ2) is 21.3. The molecule has 0 aromatic carbocycles. The average Bonchev–Trinajstić information content (AvgIpc) is 2.34. The van der Waals surface area contributed by atoms with E-state index >= 15 is 0 Å². The number of hydrogen-bond acceptors (Lipinski definition) is 8. The molecule has 0 saturated carbocycles. The molecular formula is C17H44F2O8P2. The summed E-state index contributed by atoms with van der Waals surface area (Å²) < 4.78 is 59.2. The third kappa shape index (κ3) is 32.9. The van der Waals surface area contributed by atoms with Crippen LogP contribution in [-0.2, 0) is 31.7 Å². The van der Waals surface area contributed by atoms with Crippen LogP contribution in [0.2, 0.25) is 0 Å².